The predicted molar refractivity (Wildman–Crippen MR) is 64.1 cm³/mol. The summed E-state index contributed by atoms with van der Waals surface area (Å²) in [6, 6.07) is 1.78. The van der Waals surface area contributed by atoms with Crippen LogP contribution in [0.1, 0.15) is 36.9 Å². The van der Waals surface area contributed by atoms with Gasteiger partial charge in [-0.2, -0.15) is 4.31 Å². The van der Waals surface area contributed by atoms with E-state index in [1.54, 1.807) is 23.6 Å². The van der Waals surface area contributed by atoms with Crippen molar-refractivity contribution in [3.63, 3.8) is 0 Å². The summed E-state index contributed by atoms with van der Waals surface area (Å²) in [4.78, 5) is 4.83. The molecule has 92 valence electrons. The van der Waals surface area contributed by atoms with Crippen LogP contribution in [0.15, 0.2) is 17.2 Å². The fraction of sp³-hybridized carbons (Fsp3) is 0.583. The third-order valence-electron chi connectivity index (χ3n) is 4.19. The molecule has 4 nitrogen and oxygen atoms in total. The van der Waals surface area contributed by atoms with Crippen LogP contribution in [0.2, 0.25) is 0 Å². The zero-order chi connectivity index (χ0) is 12.3. The molecule has 1 fully saturated rings. The lowest BCUT2D eigenvalue weighted by atomic mass is 9.92. The first-order valence-corrected chi connectivity index (χ1v) is 7.39. The molecule has 1 saturated carbocycles. The van der Waals surface area contributed by atoms with Crippen molar-refractivity contribution < 1.29 is 8.42 Å². The van der Waals surface area contributed by atoms with E-state index in [2.05, 4.69) is 4.98 Å². The summed E-state index contributed by atoms with van der Waals surface area (Å²) in [5.74, 6) is 0. The van der Waals surface area contributed by atoms with Crippen LogP contribution >= 0.6 is 0 Å². The Morgan fingerprint density at radius 2 is 2.00 bits per heavy atom. The second kappa shape index (κ2) is 3.29. The van der Waals surface area contributed by atoms with Crippen molar-refractivity contribution in [3.8, 4) is 0 Å². The lowest BCUT2D eigenvalue weighted by molar-refractivity contribution is 0.232. The Balaban J connectivity index is 2.36. The predicted octanol–water partition coefficient (Wildman–Crippen LogP) is 1.79. The molecule has 2 aliphatic rings. The molecule has 0 saturated heterocycles. The minimum absolute atomic E-state index is 0.361. The van der Waals surface area contributed by atoms with E-state index in [0.717, 1.165) is 36.9 Å². The number of nitrogens with zero attached hydrogens (tertiary/aromatic N) is 2. The van der Waals surface area contributed by atoms with E-state index in [4.69, 9.17) is 0 Å². The third-order valence-corrected chi connectivity index (χ3v) is 6.30. The smallest absolute Gasteiger partial charge is 0.245 e. The highest BCUT2D eigenvalue weighted by Crippen LogP contribution is 2.51. The Kier molecular flexibility index (Phi) is 2.16. The van der Waals surface area contributed by atoms with Gasteiger partial charge in [0, 0.05) is 13.2 Å². The molecule has 1 aromatic rings. The minimum Gasteiger partial charge on any atom is -0.258 e. The normalized spacial score (nSPS) is 25.3. The molecule has 5 heteroatoms. The highest BCUT2D eigenvalue weighted by molar-refractivity contribution is 7.89. The largest absolute Gasteiger partial charge is 0.258 e. The molecule has 1 spiro atoms. The maximum absolute atomic E-state index is 12.5. The first-order valence-electron chi connectivity index (χ1n) is 5.95. The summed E-state index contributed by atoms with van der Waals surface area (Å²) in [6.07, 6.45) is 5.67. The van der Waals surface area contributed by atoms with E-state index >= 15 is 0 Å². The maximum atomic E-state index is 12.5. The summed E-state index contributed by atoms with van der Waals surface area (Å²) < 4.78 is 26.5. The van der Waals surface area contributed by atoms with E-state index in [0.29, 0.717) is 4.90 Å². The number of aromatic nitrogens is 1. The fourth-order valence-electron chi connectivity index (χ4n) is 3.23. The van der Waals surface area contributed by atoms with Crippen molar-refractivity contribution >= 4 is 10.0 Å². The zero-order valence-electron chi connectivity index (χ0n) is 10.1. The van der Waals surface area contributed by atoms with Gasteiger partial charge in [-0.15, -0.1) is 0 Å². The molecule has 2 heterocycles. The van der Waals surface area contributed by atoms with Crippen molar-refractivity contribution in [2.75, 3.05) is 7.05 Å². The molecule has 1 aliphatic heterocycles. The van der Waals surface area contributed by atoms with E-state index in [-0.39, 0.29) is 5.54 Å². The number of rotatable bonds is 0. The standard InChI is InChI=1S/C12H16N2O2S/c1-9-5-8-13-11-10(9)17(15,16)14(2)12(11)6-3-4-7-12/h5,8H,3-4,6-7H2,1-2H3. The van der Waals surface area contributed by atoms with Gasteiger partial charge in [-0.3, -0.25) is 4.98 Å². The molecule has 1 aliphatic carbocycles. The van der Waals surface area contributed by atoms with Crippen LogP contribution in [0.3, 0.4) is 0 Å². The minimum atomic E-state index is -3.34. The summed E-state index contributed by atoms with van der Waals surface area (Å²) in [6.45, 7) is 1.85. The van der Waals surface area contributed by atoms with Crippen LogP contribution in [0.5, 0.6) is 0 Å². The Labute approximate surface area is 102 Å². The van der Waals surface area contributed by atoms with Crippen LogP contribution in [0, 0.1) is 6.92 Å². The van der Waals surface area contributed by atoms with Gasteiger partial charge < -0.3 is 0 Å². The fourth-order valence-corrected chi connectivity index (χ4v) is 5.19. The molecule has 0 bridgehead atoms. The zero-order valence-corrected chi connectivity index (χ0v) is 10.9. The van der Waals surface area contributed by atoms with Crippen LogP contribution < -0.4 is 0 Å². The summed E-state index contributed by atoms with van der Waals surface area (Å²) in [7, 11) is -1.64. The van der Waals surface area contributed by atoms with E-state index in [9.17, 15) is 8.42 Å². The quantitative estimate of drug-likeness (QED) is 0.707. The first kappa shape index (κ1) is 11.2. The van der Waals surface area contributed by atoms with Crippen molar-refractivity contribution in [2.45, 2.75) is 43.0 Å². The SMILES string of the molecule is Cc1ccnc2c1S(=O)(=O)N(C)C21CCCC1. The van der Waals surface area contributed by atoms with Gasteiger partial charge in [0.1, 0.15) is 4.90 Å². The summed E-state index contributed by atoms with van der Waals surface area (Å²) in [5.41, 5.74) is 1.23. The monoisotopic (exact) mass is 252 g/mol. The van der Waals surface area contributed by atoms with Crippen LogP contribution in [0.4, 0.5) is 0 Å². The summed E-state index contributed by atoms with van der Waals surface area (Å²) in [5, 5.41) is 0. The number of fused-ring (bicyclic) bond motifs is 2. The van der Waals surface area contributed by atoms with Gasteiger partial charge >= 0.3 is 0 Å². The van der Waals surface area contributed by atoms with E-state index in [1.165, 1.54) is 0 Å². The average Bonchev–Trinajstić information content (AvgIpc) is 2.82. The molecule has 0 radical (unpaired) electrons. The van der Waals surface area contributed by atoms with Crippen molar-refractivity contribution in [3.05, 3.63) is 23.5 Å². The van der Waals surface area contributed by atoms with Crippen molar-refractivity contribution in [1.82, 2.24) is 9.29 Å². The highest BCUT2D eigenvalue weighted by atomic mass is 32.2. The molecule has 1 aromatic heterocycles. The van der Waals surface area contributed by atoms with Crippen molar-refractivity contribution in [1.29, 1.82) is 0 Å². The molecular formula is C12H16N2O2S. The topological polar surface area (TPSA) is 50.3 Å². The second-order valence-corrected chi connectivity index (χ2v) is 6.92. The molecule has 0 atom stereocenters. The van der Waals surface area contributed by atoms with Crippen LogP contribution in [0.25, 0.3) is 0 Å². The highest BCUT2D eigenvalue weighted by Gasteiger charge is 2.54. The molecule has 0 amide bonds. The van der Waals surface area contributed by atoms with Gasteiger partial charge in [0.05, 0.1) is 11.2 Å². The van der Waals surface area contributed by atoms with Gasteiger partial charge in [0.15, 0.2) is 0 Å². The number of aryl methyl sites for hydroxylation is 1. The van der Waals surface area contributed by atoms with E-state index < -0.39 is 10.0 Å². The molecular weight excluding hydrogens is 236 g/mol. The van der Waals surface area contributed by atoms with Gasteiger partial charge in [-0.05, 0) is 31.4 Å². The van der Waals surface area contributed by atoms with Crippen LogP contribution in [-0.2, 0) is 15.6 Å². The number of hydrogen-bond donors (Lipinski definition) is 0. The Morgan fingerprint density at radius 1 is 1.35 bits per heavy atom. The van der Waals surface area contributed by atoms with E-state index in [1.807, 2.05) is 6.92 Å². The average molecular weight is 252 g/mol. The van der Waals surface area contributed by atoms with Gasteiger partial charge in [-0.25, -0.2) is 8.42 Å². The number of pyridine rings is 1. The van der Waals surface area contributed by atoms with Crippen molar-refractivity contribution in [2.24, 2.45) is 0 Å². The third kappa shape index (κ3) is 1.21. The lowest BCUT2D eigenvalue weighted by Crippen LogP contribution is -2.38. The van der Waals surface area contributed by atoms with Gasteiger partial charge in [0.2, 0.25) is 10.0 Å². The Morgan fingerprint density at radius 3 is 2.65 bits per heavy atom. The molecule has 17 heavy (non-hydrogen) atoms. The van der Waals surface area contributed by atoms with Crippen LogP contribution in [-0.4, -0.2) is 24.8 Å². The maximum Gasteiger partial charge on any atom is 0.245 e. The number of sulfonamides is 1. The second-order valence-electron chi connectivity index (χ2n) is 5.02. The molecule has 3 rings (SSSR count). The van der Waals surface area contributed by atoms with Gasteiger partial charge in [0.25, 0.3) is 0 Å². The molecule has 0 N–H and O–H groups in total. The Bertz CT molecular complexity index is 574. The number of hydrogen-bond acceptors (Lipinski definition) is 3. The van der Waals surface area contributed by atoms with Gasteiger partial charge in [-0.1, -0.05) is 12.8 Å². The molecule has 0 aromatic carbocycles. The molecule has 0 unspecified atom stereocenters. The Hall–Kier alpha value is -0.940. The summed E-state index contributed by atoms with van der Waals surface area (Å²) >= 11 is 0. The first-order chi connectivity index (χ1) is 8.00. The lowest BCUT2D eigenvalue weighted by Gasteiger charge is -2.29.